The average Bonchev–Trinajstić information content (AvgIpc) is 2.78. The van der Waals surface area contributed by atoms with Crippen LogP contribution in [0.2, 0.25) is 0 Å². The van der Waals surface area contributed by atoms with E-state index in [2.05, 4.69) is 20.8 Å². The number of anilines is 1. The van der Waals surface area contributed by atoms with Crippen molar-refractivity contribution < 1.29 is 13.2 Å². The predicted molar refractivity (Wildman–Crippen MR) is 83.6 cm³/mol. The van der Waals surface area contributed by atoms with Gasteiger partial charge in [-0.25, -0.2) is 8.42 Å². The van der Waals surface area contributed by atoms with Crippen LogP contribution in [-0.2, 0) is 9.84 Å². The Labute approximate surface area is 130 Å². The van der Waals surface area contributed by atoms with E-state index in [1.54, 1.807) is 12.1 Å². The Morgan fingerprint density at radius 3 is 2.68 bits per heavy atom. The molecule has 1 fully saturated rings. The van der Waals surface area contributed by atoms with Gasteiger partial charge in [-0.05, 0) is 32.6 Å². The lowest BCUT2D eigenvalue weighted by molar-refractivity contribution is 0.0935. The molecule has 0 spiro atoms. The molecule has 1 aromatic heterocycles. The summed E-state index contributed by atoms with van der Waals surface area (Å²) in [4.78, 5) is 14.0. The minimum Gasteiger partial charge on any atom is -0.367 e. The SMILES string of the molecule is CN(C)CCNc1ccc(C(=O)NC2CCS(=O)(=O)C2)nn1. The van der Waals surface area contributed by atoms with Crippen LogP contribution in [0.25, 0.3) is 0 Å². The minimum atomic E-state index is -3.01. The summed E-state index contributed by atoms with van der Waals surface area (Å²) in [6.07, 6.45) is 0.450. The zero-order valence-corrected chi connectivity index (χ0v) is 13.6. The standard InChI is InChI=1S/C13H21N5O3S/c1-18(2)7-6-14-12-4-3-11(16-17-12)13(19)15-10-5-8-22(20,21)9-10/h3-4,10H,5-9H2,1-2H3,(H,14,17)(H,15,19). The molecule has 122 valence electrons. The van der Waals surface area contributed by atoms with Crippen molar-refractivity contribution in [2.75, 3.05) is 44.0 Å². The number of hydrogen-bond donors (Lipinski definition) is 2. The van der Waals surface area contributed by atoms with E-state index in [0.29, 0.717) is 12.2 Å². The number of likely N-dealkylation sites (N-methyl/N-ethyl adjacent to an activating group) is 1. The highest BCUT2D eigenvalue weighted by molar-refractivity contribution is 7.91. The van der Waals surface area contributed by atoms with Gasteiger partial charge in [0.05, 0.1) is 11.5 Å². The number of rotatable bonds is 6. The van der Waals surface area contributed by atoms with Gasteiger partial charge in [0.25, 0.3) is 5.91 Å². The Morgan fingerprint density at radius 2 is 2.14 bits per heavy atom. The van der Waals surface area contributed by atoms with Crippen molar-refractivity contribution in [2.24, 2.45) is 0 Å². The molecule has 22 heavy (non-hydrogen) atoms. The molecule has 1 atom stereocenters. The van der Waals surface area contributed by atoms with Crippen LogP contribution in [0.4, 0.5) is 5.82 Å². The van der Waals surface area contributed by atoms with Crippen LogP contribution in [0.3, 0.4) is 0 Å². The van der Waals surface area contributed by atoms with Crippen molar-refractivity contribution in [1.29, 1.82) is 0 Å². The topological polar surface area (TPSA) is 104 Å². The van der Waals surface area contributed by atoms with Crippen LogP contribution in [0, 0.1) is 0 Å². The Morgan fingerprint density at radius 1 is 1.36 bits per heavy atom. The number of nitrogens with zero attached hydrogens (tertiary/aromatic N) is 3. The first kappa shape index (κ1) is 16.6. The highest BCUT2D eigenvalue weighted by atomic mass is 32.2. The van der Waals surface area contributed by atoms with Crippen LogP contribution in [-0.4, -0.2) is 74.2 Å². The van der Waals surface area contributed by atoms with Crippen molar-refractivity contribution in [3.05, 3.63) is 17.8 Å². The summed E-state index contributed by atoms with van der Waals surface area (Å²) in [6, 6.07) is 2.92. The molecule has 9 heteroatoms. The summed E-state index contributed by atoms with van der Waals surface area (Å²) < 4.78 is 22.7. The number of aromatic nitrogens is 2. The number of hydrogen-bond acceptors (Lipinski definition) is 7. The summed E-state index contributed by atoms with van der Waals surface area (Å²) in [7, 11) is 0.940. The smallest absolute Gasteiger partial charge is 0.272 e. The molecule has 2 rings (SSSR count). The Hall–Kier alpha value is -1.74. The quantitative estimate of drug-likeness (QED) is 0.716. The normalized spacial score (nSPS) is 20.0. The van der Waals surface area contributed by atoms with Gasteiger partial charge in [0.1, 0.15) is 5.82 Å². The van der Waals surface area contributed by atoms with Crippen molar-refractivity contribution in [3.63, 3.8) is 0 Å². The third-order valence-corrected chi connectivity index (χ3v) is 5.10. The second kappa shape index (κ2) is 7.01. The monoisotopic (exact) mass is 327 g/mol. The maximum Gasteiger partial charge on any atom is 0.272 e. The van der Waals surface area contributed by atoms with Crippen LogP contribution in [0.15, 0.2) is 12.1 Å². The van der Waals surface area contributed by atoms with Gasteiger partial charge in [-0.3, -0.25) is 4.79 Å². The van der Waals surface area contributed by atoms with Crippen LogP contribution < -0.4 is 10.6 Å². The van der Waals surface area contributed by atoms with Crippen LogP contribution in [0.1, 0.15) is 16.9 Å². The summed E-state index contributed by atoms with van der Waals surface area (Å²) in [5.41, 5.74) is 0.183. The maximum atomic E-state index is 12.0. The van der Waals surface area contributed by atoms with Crippen LogP contribution in [0.5, 0.6) is 0 Å². The number of carbonyl (C=O) groups excluding carboxylic acids is 1. The Balaban J connectivity index is 1.86. The van der Waals surface area contributed by atoms with E-state index in [4.69, 9.17) is 0 Å². The molecule has 0 bridgehead atoms. The van der Waals surface area contributed by atoms with Gasteiger partial charge in [-0.2, -0.15) is 0 Å². The predicted octanol–water partition coefficient (Wildman–Crippen LogP) is -0.633. The number of sulfone groups is 1. The van der Waals surface area contributed by atoms with E-state index < -0.39 is 15.7 Å². The molecule has 2 heterocycles. The van der Waals surface area contributed by atoms with E-state index in [9.17, 15) is 13.2 Å². The number of carbonyl (C=O) groups is 1. The van der Waals surface area contributed by atoms with Gasteiger partial charge in [0.15, 0.2) is 15.5 Å². The third-order valence-electron chi connectivity index (χ3n) is 3.33. The first-order valence-electron chi connectivity index (χ1n) is 7.09. The van der Waals surface area contributed by atoms with Gasteiger partial charge in [0, 0.05) is 19.1 Å². The zero-order valence-electron chi connectivity index (χ0n) is 12.7. The molecule has 1 aliphatic rings. The number of amides is 1. The second-order valence-electron chi connectivity index (χ2n) is 5.61. The molecule has 8 nitrogen and oxygen atoms in total. The maximum absolute atomic E-state index is 12.0. The van der Waals surface area contributed by atoms with E-state index in [0.717, 1.165) is 13.1 Å². The largest absolute Gasteiger partial charge is 0.367 e. The lowest BCUT2D eigenvalue weighted by atomic mass is 10.2. The lowest BCUT2D eigenvalue weighted by Crippen LogP contribution is -2.36. The molecule has 0 aliphatic carbocycles. The average molecular weight is 327 g/mol. The molecule has 0 radical (unpaired) electrons. The van der Waals surface area contributed by atoms with E-state index in [1.807, 2.05) is 19.0 Å². The first-order chi connectivity index (χ1) is 10.4. The van der Waals surface area contributed by atoms with Crippen molar-refractivity contribution >= 4 is 21.6 Å². The minimum absolute atomic E-state index is 0.00363. The Bertz CT molecular complexity index is 615. The molecular weight excluding hydrogens is 306 g/mol. The summed E-state index contributed by atoms with van der Waals surface area (Å²) in [5, 5.41) is 13.6. The van der Waals surface area contributed by atoms with Gasteiger partial charge >= 0.3 is 0 Å². The third kappa shape index (κ3) is 4.92. The molecule has 1 saturated heterocycles. The molecular formula is C13H21N5O3S. The van der Waals surface area contributed by atoms with Crippen LogP contribution >= 0.6 is 0 Å². The second-order valence-corrected chi connectivity index (χ2v) is 7.84. The summed E-state index contributed by atoms with van der Waals surface area (Å²) in [5.74, 6) is 0.325. The lowest BCUT2D eigenvalue weighted by Gasteiger charge is -2.11. The van der Waals surface area contributed by atoms with Crippen molar-refractivity contribution in [1.82, 2.24) is 20.4 Å². The van der Waals surface area contributed by atoms with Crippen molar-refractivity contribution in [2.45, 2.75) is 12.5 Å². The van der Waals surface area contributed by atoms with E-state index in [-0.39, 0.29) is 23.2 Å². The van der Waals surface area contributed by atoms with Crippen molar-refractivity contribution in [3.8, 4) is 0 Å². The zero-order chi connectivity index (χ0) is 16.2. The Kier molecular flexibility index (Phi) is 5.30. The summed E-state index contributed by atoms with van der Waals surface area (Å²) in [6.45, 7) is 1.59. The van der Waals surface area contributed by atoms with Gasteiger partial charge < -0.3 is 15.5 Å². The molecule has 1 unspecified atom stereocenters. The first-order valence-corrected chi connectivity index (χ1v) is 8.91. The molecule has 0 aromatic carbocycles. The fraction of sp³-hybridized carbons (Fsp3) is 0.615. The highest BCUT2D eigenvalue weighted by Crippen LogP contribution is 2.12. The van der Waals surface area contributed by atoms with Gasteiger partial charge in [-0.15, -0.1) is 10.2 Å². The van der Waals surface area contributed by atoms with E-state index >= 15 is 0 Å². The van der Waals surface area contributed by atoms with E-state index in [1.165, 1.54) is 0 Å². The molecule has 0 saturated carbocycles. The van der Waals surface area contributed by atoms with Gasteiger partial charge in [-0.1, -0.05) is 0 Å². The number of nitrogens with one attached hydrogen (secondary N) is 2. The molecule has 1 amide bonds. The fourth-order valence-electron chi connectivity index (χ4n) is 2.12. The summed E-state index contributed by atoms with van der Waals surface area (Å²) >= 11 is 0. The van der Waals surface area contributed by atoms with Gasteiger partial charge in [0.2, 0.25) is 0 Å². The molecule has 1 aliphatic heterocycles. The fourth-order valence-corrected chi connectivity index (χ4v) is 3.80. The molecule has 2 N–H and O–H groups in total. The highest BCUT2D eigenvalue weighted by Gasteiger charge is 2.29. The molecule has 1 aromatic rings.